The maximum absolute atomic E-state index is 9.41. The summed E-state index contributed by atoms with van der Waals surface area (Å²) in [5, 5.41) is 20.9. The zero-order chi connectivity index (χ0) is 19.7. The Morgan fingerprint density at radius 1 is 0.536 bits per heavy atom. The fraction of sp³-hybridized carbons (Fsp3) is 0. The number of nitrogens with two attached hydrogens (primary N) is 2. The van der Waals surface area contributed by atoms with E-state index in [2.05, 4.69) is 24.3 Å². The van der Waals surface area contributed by atoms with Crippen molar-refractivity contribution in [3.05, 3.63) is 83.9 Å². The highest BCUT2D eigenvalue weighted by Crippen LogP contribution is 2.32. The van der Waals surface area contributed by atoms with Crippen LogP contribution in [0.4, 0.5) is 11.4 Å². The lowest BCUT2D eigenvalue weighted by molar-refractivity contribution is 1.48. The lowest BCUT2D eigenvalue weighted by atomic mass is 9.94. The number of nitrogens with zero attached hydrogens (tertiary/aromatic N) is 2. The van der Waals surface area contributed by atoms with E-state index in [1.54, 1.807) is 24.3 Å². The van der Waals surface area contributed by atoms with E-state index in [9.17, 15) is 10.5 Å². The number of rotatable bonds is 2. The molecule has 4 heteroatoms. The highest BCUT2D eigenvalue weighted by molar-refractivity contribution is 5.92. The number of hydrogen-bond donors (Lipinski definition) is 2. The first-order chi connectivity index (χ1) is 13.6. The molecule has 4 nitrogen and oxygen atoms in total. The molecule has 0 aliphatic heterocycles. The summed E-state index contributed by atoms with van der Waals surface area (Å²) in [5.74, 6) is 0. The molecule has 4 aromatic rings. The highest BCUT2D eigenvalue weighted by Gasteiger charge is 2.09. The first-order valence-electron chi connectivity index (χ1n) is 8.73. The van der Waals surface area contributed by atoms with Crippen LogP contribution in [0.2, 0.25) is 0 Å². The minimum absolute atomic E-state index is 0.552. The van der Waals surface area contributed by atoms with Gasteiger partial charge in [0.25, 0.3) is 0 Å². The number of nitrogen functional groups attached to an aromatic ring is 2. The van der Waals surface area contributed by atoms with Crippen molar-refractivity contribution in [2.45, 2.75) is 0 Å². The molecule has 4 rings (SSSR count). The normalized spacial score (nSPS) is 10.4. The van der Waals surface area contributed by atoms with Crippen LogP contribution in [0.15, 0.2) is 72.8 Å². The van der Waals surface area contributed by atoms with E-state index in [0.29, 0.717) is 22.5 Å². The van der Waals surface area contributed by atoms with Crippen LogP contribution in [0.5, 0.6) is 0 Å². The summed E-state index contributed by atoms with van der Waals surface area (Å²) in [6.07, 6.45) is 0. The van der Waals surface area contributed by atoms with Gasteiger partial charge in [0.2, 0.25) is 0 Å². The van der Waals surface area contributed by atoms with Crippen LogP contribution in [0, 0.1) is 22.7 Å². The molecule has 0 spiro atoms. The number of hydrogen-bond acceptors (Lipinski definition) is 4. The Bertz CT molecular complexity index is 1200. The van der Waals surface area contributed by atoms with Gasteiger partial charge < -0.3 is 11.5 Å². The van der Waals surface area contributed by atoms with E-state index in [1.807, 2.05) is 36.4 Å². The van der Waals surface area contributed by atoms with Crippen molar-refractivity contribution in [1.82, 2.24) is 0 Å². The zero-order valence-electron chi connectivity index (χ0n) is 15.0. The number of benzene rings is 4. The van der Waals surface area contributed by atoms with Gasteiger partial charge in [-0.05, 0) is 69.4 Å². The first-order valence-corrected chi connectivity index (χ1v) is 8.73. The van der Waals surface area contributed by atoms with Crippen molar-refractivity contribution in [3.8, 4) is 34.4 Å². The average molecular weight is 360 g/mol. The van der Waals surface area contributed by atoms with Crippen LogP contribution in [0.3, 0.4) is 0 Å². The molecule has 0 amide bonds. The fourth-order valence-electron chi connectivity index (χ4n) is 3.39. The first kappa shape index (κ1) is 17.1. The summed E-state index contributed by atoms with van der Waals surface area (Å²) >= 11 is 0. The van der Waals surface area contributed by atoms with Crippen LogP contribution < -0.4 is 11.5 Å². The van der Waals surface area contributed by atoms with Crippen molar-refractivity contribution < 1.29 is 0 Å². The van der Waals surface area contributed by atoms with Gasteiger partial charge in [-0.25, -0.2) is 0 Å². The molecule has 0 aromatic heterocycles. The summed E-state index contributed by atoms with van der Waals surface area (Å²) in [6, 6.07) is 27.3. The Hall–Kier alpha value is -4.28. The average Bonchev–Trinajstić information content (AvgIpc) is 2.72. The third kappa shape index (κ3) is 3.00. The van der Waals surface area contributed by atoms with Crippen molar-refractivity contribution in [2.24, 2.45) is 0 Å². The molecule has 28 heavy (non-hydrogen) atoms. The summed E-state index contributed by atoms with van der Waals surface area (Å²) < 4.78 is 0. The summed E-state index contributed by atoms with van der Waals surface area (Å²) in [4.78, 5) is 0. The third-order valence-electron chi connectivity index (χ3n) is 4.79. The topological polar surface area (TPSA) is 99.6 Å². The standard InChI is InChI=1S/C24H16N4/c25-13-19-11-21(27)5-7-23(19)17-3-1-15-9-18(4-2-16(15)10-17)24-8-6-22(28)12-20(24)14-26/h1-12H,27-28H2. The van der Waals surface area contributed by atoms with E-state index >= 15 is 0 Å². The maximum Gasteiger partial charge on any atom is 0.0998 e. The Morgan fingerprint density at radius 3 is 1.36 bits per heavy atom. The monoisotopic (exact) mass is 360 g/mol. The van der Waals surface area contributed by atoms with Crippen molar-refractivity contribution >= 4 is 22.1 Å². The zero-order valence-corrected chi connectivity index (χ0v) is 15.0. The van der Waals surface area contributed by atoms with E-state index in [4.69, 9.17) is 11.5 Å². The molecule has 0 saturated carbocycles. The SMILES string of the molecule is N#Cc1cc(N)ccc1-c1ccc2cc(-c3ccc(N)cc3C#N)ccc2c1. The van der Waals surface area contributed by atoms with Gasteiger partial charge in [-0.2, -0.15) is 10.5 Å². The van der Waals surface area contributed by atoms with Crippen molar-refractivity contribution in [2.75, 3.05) is 11.5 Å². The summed E-state index contributed by atoms with van der Waals surface area (Å²) in [6.45, 7) is 0. The fourth-order valence-corrected chi connectivity index (χ4v) is 3.39. The molecule has 132 valence electrons. The van der Waals surface area contributed by atoms with Crippen LogP contribution >= 0.6 is 0 Å². The van der Waals surface area contributed by atoms with Crippen LogP contribution in [0.25, 0.3) is 33.0 Å². The minimum Gasteiger partial charge on any atom is -0.399 e. The second kappa shape index (κ2) is 6.79. The Balaban J connectivity index is 1.82. The van der Waals surface area contributed by atoms with Gasteiger partial charge in [0.15, 0.2) is 0 Å². The molecule has 0 heterocycles. The predicted octanol–water partition coefficient (Wildman–Crippen LogP) is 5.08. The van der Waals surface area contributed by atoms with Gasteiger partial charge in [-0.1, -0.05) is 36.4 Å². The van der Waals surface area contributed by atoms with Crippen LogP contribution in [-0.2, 0) is 0 Å². The second-order valence-corrected chi connectivity index (χ2v) is 6.61. The number of nitriles is 2. The summed E-state index contributed by atoms with van der Waals surface area (Å²) in [5.41, 5.74) is 17.5. The minimum atomic E-state index is 0.552. The molecular weight excluding hydrogens is 344 g/mol. The van der Waals surface area contributed by atoms with Gasteiger partial charge in [0.05, 0.1) is 23.3 Å². The molecule has 0 unspecified atom stereocenters. The summed E-state index contributed by atoms with van der Waals surface area (Å²) in [7, 11) is 0. The molecule has 4 aromatic carbocycles. The highest BCUT2D eigenvalue weighted by atomic mass is 14.5. The lowest BCUT2D eigenvalue weighted by Crippen LogP contribution is -1.91. The molecule has 0 bridgehead atoms. The largest absolute Gasteiger partial charge is 0.399 e. The van der Waals surface area contributed by atoms with Crippen molar-refractivity contribution in [3.63, 3.8) is 0 Å². The van der Waals surface area contributed by atoms with Crippen LogP contribution in [-0.4, -0.2) is 0 Å². The van der Waals surface area contributed by atoms with Crippen molar-refractivity contribution in [1.29, 1.82) is 10.5 Å². The molecule has 0 fully saturated rings. The predicted molar refractivity (Wildman–Crippen MR) is 113 cm³/mol. The van der Waals surface area contributed by atoms with Gasteiger partial charge in [0.1, 0.15) is 0 Å². The quantitative estimate of drug-likeness (QED) is 0.487. The smallest absolute Gasteiger partial charge is 0.0998 e. The molecule has 0 aliphatic rings. The van der Waals surface area contributed by atoms with E-state index in [-0.39, 0.29) is 0 Å². The Morgan fingerprint density at radius 2 is 0.964 bits per heavy atom. The molecule has 0 radical (unpaired) electrons. The molecule has 0 saturated heterocycles. The van der Waals surface area contributed by atoms with Gasteiger partial charge >= 0.3 is 0 Å². The van der Waals surface area contributed by atoms with E-state index < -0.39 is 0 Å². The Labute approximate surface area is 162 Å². The molecule has 0 atom stereocenters. The Kier molecular flexibility index (Phi) is 4.16. The van der Waals surface area contributed by atoms with E-state index in [1.165, 1.54) is 0 Å². The number of anilines is 2. The lowest BCUT2D eigenvalue weighted by Gasteiger charge is -2.10. The second-order valence-electron chi connectivity index (χ2n) is 6.61. The third-order valence-corrected chi connectivity index (χ3v) is 4.79. The van der Waals surface area contributed by atoms with Crippen LogP contribution in [0.1, 0.15) is 11.1 Å². The van der Waals surface area contributed by atoms with Gasteiger partial charge in [-0.15, -0.1) is 0 Å². The molecular formula is C24H16N4. The molecule has 4 N–H and O–H groups in total. The number of fused-ring (bicyclic) bond motifs is 1. The van der Waals surface area contributed by atoms with E-state index in [0.717, 1.165) is 33.0 Å². The molecule has 0 aliphatic carbocycles. The maximum atomic E-state index is 9.41. The van der Waals surface area contributed by atoms with Gasteiger partial charge in [0, 0.05) is 11.4 Å². The van der Waals surface area contributed by atoms with Gasteiger partial charge in [-0.3, -0.25) is 0 Å².